The summed E-state index contributed by atoms with van der Waals surface area (Å²) in [6, 6.07) is 3.04. The molecule has 2 rings (SSSR count). The number of rotatable bonds is 9. The number of likely N-dealkylation sites (tertiary alicyclic amines) is 1. The van der Waals surface area contributed by atoms with Gasteiger partial charge in [-0.3, -0.25) is 9.69 Å². The Labute approximate surface area is 164 Å². The summed E-state index contributed by atoms with van der Waals surface area (Å²) in [6.07, 6.45) is 2.01. The minimum absolute atomic E-state index is 0.0550. The fourth-order valence-corrected chi connectivity index (χ4v) is 3.65. The number of unbranched alkanes of at least 4 members (excludes halogenated alkanes) is 3. The maximum Gasteiger partial charge on any atom is 0.223 e. The molecule has 1 heterocycles. The summed E-state index contributed by atoms with van der Waals surface area (Å²) in [4.78, 5) is 15.1. The molecule has 1 saturated heterocycles. The molecule has 3 unspecified atom stereocenters. The summed E-state index contributed by atoms with van der Waals surface area (Å²) >= 11 is 0. The number of benzene rings is 1. The van der Waals surface area contributed by atoms with E-state index >= 15 is 0 Å². The van der Waals surface area contributed by atoms with Crippen LogP contribution in [0.15, 0.2) is 18.2 Å². The van der Waals surface area contributed by atoms with Crippen molar-refractivity contribution >= 4 is 11.6 Å². The number of halogens is 2. The molecule has 1 aliphatic rings. The number of hydrogen-bond acceptors (Lipinski definition) is 5. The quantitative estimate of drug-likeness (QED) is 0.549. The van der Waals surface area contributed by atoms with E-state index in [2.05, 4.69) is 0 Å². The average molecular weight is 400 g/mol. The van der Waals surface area contributed by atoms with E-state index in [-0.39, 0.29) is 24.2 Å². The number of carbonyl (C=O) groups is 1. The Balaban J connectivity index is 1.74. The molecule has 3 atom stereocenters. The van der Waals surface area contributed by atoms with Gasteiger partial charge in [0.2, 0.25) is 5.91 Å². The maximum absolute atomic E-state index is 13.9. The van der Waals surface area contributed by atoms with Crippen molar-refractivity contribution < 1.29 is 28.9 Å². The lowest BCUT2D eigenvalue weighted by Gasteiger charge is -2.39. The van der Waals surface area contributed by atoms with Crippen LogP contribution in [0.25, 0.3) is 0 Å². The first kappa shape index (κ1) is 22.7. The lowest BCUT2D eigenvalue weighted by Crippen LogP contribution is -2.53. The van der Waals surface area contributed by atoms with Gasteiger partial charge in [0, 0.05) is 32.1 Å². The second-order valence-electron chi connectivity index (χ2n) is 7.38. The molecule has 0 aliphatic carbocycles. The van der Waals surface area contributed by atoms with E-state index < -0.39 is 23.8 Å². The van der Waals surface area contributed by atoms with Gasteiger partial charge in [0.1, 0.15) is 11.6 Å². The Morgan fingerprint density at radius 1 is 1.18 bits per heavy atom. The molecule has 0 aromatic heterocycles. The highest BCUT2D eigenvalue weighted by molar-refractivity contribution is 5.91. The van der Waals surface area contributed by atoms with Crippen LogP contribution in [0.2, 0.25) is 0 Å². The van der Waals surface area contributed by atoms with Crippen LogP contribution in [-0.4, -0.2) is 70.6 Å². The van der Waals surface area contributed by atoms with Crippen LogP contribution >= 0.6 is 0 Å². The number of β-amino-alcohol motifs (C(OH)–C–C–N with tert-alkyl or cyclic N) is 1. The predicted octanol–water partition coefficient (Wildman–Crippen LogP) is 1.67. The molecular formula is C20H30F2N2O4. The molecule has 0 spiro atoms. The highest BCUT2D eigenvalue weighted by Crippen LogP contribution is 2.22. The van der Waals surface area contributed by atoms with Gasteiger partial charge in [-0.1, -0.05) is 12.8 Å². The topological polar surface area (TPSA) is 84.2 Å². The van der Waals surface area contributed by atoms with Crippen LogP contribution in [0.5, 0.6) is 0 Å². The highest BCUT2D eigenvalue weighted by Gasteiger charge is 2.32. The van der Waals surface area contributed by atoms with Gasteiger partial charge in [0.15, 0.2) is 0 Å². The normalized spacial score (nSPS) is 23.0. The first-order chi connectivity index (χ1) is 13.3. The summed E-state index contributed by atoms with van der Waals surface area (Å²) in [6.45, 7) is 2.70. The van der Waals surface area contributed by atoms with Gasteiger partial charge in [-0.15, -0.1) is 0 Å². The second kappa shape index (κ2) is 10.8. The lowest BCUT2D eigenvalue weighted by atomic mass is 9.97. The molecule has 0 radical (unpaired) electrons. The van der Waals surface area contributed by atoms with Crippen molar-refractivity contribution in [2.24, 2.45) is 0 Å². The molecule has 1 aromatic rings. The molecule has 0 saturated carbocycles. The Morgan fingerprint density at radius 2 is 1.89 bits per heavy atom. The number of anilines is 1. The fraction of sp³-hybridized carbons (Fsp3) is 0.650. The molecule has 0 bridgehead atoms. The molecule has 6 nitrogen and oxygen atoms in total. The Hall–Kier alpha value is -1.61. The van der Waals surface area contributed by atoms with E-state index in [1.54, 1.807) is 0 Å². The van der Waals surface area contributed by atoms with Crippen molar-refractivity contribution in [2.45, 2.75) is 57.3 Å². The van der Waals surface area contributed by atoms with Gasteiger partial charge in [0.05, 0.1) is 24.5 Å². The highest BCUT2D eigenvalue weighted by atomic mass is 19.1. The average Bonchev–Trinajstić information content (AvgIpc) is 2.64. The van der Waals surface area contributed by atoms with E-state index in [4.69, 9.17) is 0 Å². The number of amides is 1. The summed E-state index contributed by atoms with van der Waals surface area (Å²) < 4.78 is 27.0. The van der Waals surface area contributed by atoms with E-state index in [1.807, 2.05) is 4.90 Å². The maximum atomic E-state index is 13.9. The number of piperidine rings is 1. The number of hydrogen-bond donors (Lipinski definition) is 3. The van der Waals surface area contributed by atoms with Crippen molar-refractivity contribution in [3.05, 3.63) is 29.8 Å². The van der Waals surface area contributed by atoms with Crippen LogP contribution in [0.1, 0.15) is 39.0 Å². The van der Waals surface area contributed by atoms with E-state index in [0.29, 0.717) is 32.5 Å². The standard InChI is InChI=1S/C20H30F2N2O4/c1-14(26)24(18-7-6-15(21)10-17(18)22)9-5-3-2-4-8-23-12-20(28)19(27)11-16(23)13-25/h6-7,10,16,19-20,25,27-28H,2-5,8-9,11-13H2,1H3. The van der Waals surface area contributed by atoms with Crippen LogP contribution in [-0.2, 0) is 4.79 Å². The molecule has 1 fully saturated rings. The van der Waals surface area contributed by atoms with Crippen molar-refractivity contribution in [3.8, 4) is 0 Å². The number of aliphatic hydroxyl groups is 3. The summed E-state index contributed by atoms with van der Waals surface area (Å²) in [5.74, 6) is -1.73. The zero-order chi connectivity index (χ0) is 20.7. The smallest absolute Gasteiger partial charge is 0.223 e. The van der Waals surface area contributed by atoms with E-state index in [1.165, 1.54) is 17.9 Å². The molecule has 8 heteroatoms. The number of carbonyl (C=O) groups excluding carboxylic acids is 1. The fourth-order valence-electron chi connectivity index (χ4n) is 3.65. The van der Waals surface area contributed by atoms with Crippen molar-refractivity contribution in [2.75, 3.05) is 31.1 Å². The monoisotopic (exact) mass is 400 g/mol. The van der Waals surface area contributed by atoms with Gasteiger partial charge in [-0.25, -0.2) is 8.78 Å². The predicted molar refractivity (Wildman–Crippen MR) is 102 cm³/mol. The zero-order valence-corrected chi connectivity index (χ0v) is 16.2. The minimum atomic E-state index is -0.794. The third-order valence-electron chi connectivity index (χ3n) is 5.26. The summed E-state index contributed by atoms with van der Waals surface area (Å²) in [5.41, 5.74) is 0.0838. The molecule has 1 aliphatic heterocycles. The number of nitrogens with zero attached hydrogens (tertiary/aromatic N) is 2. The van der Waals surface area contributed by atoms with Crippen LogP contribution in [0.4, 0.5) is 14.5 Å². The lowest BCUT2D eigenvalue weighted by molar-refractivity contribution is -0.116. The van der Waals surface area contributed by atoms with Crippen LogP contribution in [0.3, 0.4) is 0 Å². The van der Waals surface area contributed by atoms with Gasteiger partial charge in [0.25, 0.3) is 0 Å². The molecule has 3 N–H and O–H groups in total. The van der Waals surface area contributed by atoms with Gasteiger partial charge < -0.3 is 20.2 Å². The van der Waals surface area contributed by atoms with Crippen LogP contribution in [0, 0.1) is 11.6 Å². The van der Waals surface area contributed by atoms with E-state index in [9.17, 15) is 28.9 Å². The third-order valence-corrected chi connectivity index (χ3v) is 5.26. The SMILES string of the molecule is CC(=O)N(CCCCCCN1CC(O)C(O)CC1CO)c1ccc(F)cc1F. The molecule has 28 heavy (non-hydrogen) atoms. The molecule has 158 valence electrons. The minimum Gasteiger partial charge on any atom is -0.395 e. The number of aliphatic hydroxyl groups excluding tert-OH is 3. The third kappa shape index (κ3) is 6.20. The van der Waals surface area contributed by atoms with Gasteiger partial charge in [-0.2, -0.15) is 0 Å². The Kier molecular flexibility index (Phi) is 8.75. The second-order valence-corrected chi connectivity index (χ2v) is 7.38. The molecule has 1 amide bonds. The first-order valence-electron chi connectivity index (χ1n) is 9.77. The van der Waals surface area contributed by atoms with Gasteiger partial charge in [-0.05, 0) is 37.9 Å². The van der Waals surface area contributed by atoms with Gasteiger partial charge >= 0.3 is 0 Å². The van der Waals surface area contributed by atoms with Crippen molar-refractivity contribution in [1.29, 1.82) is 0 Å². The summed E-state index contributed by atoms with van der Waals surface area (Å²) in [7, 11) is 0. The molecular weight excluding hydrogens is 370 g/mol. The Morgan fingerprint density at radius 3 is 2.54 bits per heavy atom. The zero-order valence-electron chi connectivity index (χ0n) is 16.2. The largest absolute Gasteiger partial charge is 0.395 e. The Bertz CT molecular complexity index is 647. The van der Waals surface area contributed by atoms with Crippen LogP contribution < -0.4 is 4.90 Å². The van der Waals surface area contributed by atoms with Crippen molar-refractivity contribution in [3.63, 3.8) is 0 Å². The van der Waals surface area contributed by atoms with Crippen molar-refractivity contribution in [1.82, 2.24) is 4.90 Å². The first-order valence-corrected chi connectivity index (χ1v) is 9.77. The molecule has 1 aromatic carbocycles. The van der Waals surface area contributed by atoms with E-state index in [0.717, 1.165) is 31.4 Å². The summed E-state index contributed by atoms with van der Waals surface area (Å²) in [5, 5.41) is 28.9.